The number of carbonyl (C=O) groups excluding carboxylic acids is 1. The molecule has 4 rings (SSSR count). The van der Waals surface area contributed by atoms with Gasteiger partial charge in [-0.1, -0.05) is 66.7 Å². The number of pyridine rings is 1. The summed E-state index contributed by atoms with van der Waals surface area (Å²) >= 11 is 0. The minimum absolute atomic E-state index is 0.0475. The van der Waals surface area contributed by atoms with E-state index in [9.17, 15) is 20.4 Å². The lowest BCUT2D eigenvalue weighted by molar-refractivity contribution is -0.118. The molecule has 1 aromatic heterocycles. The Morgan fingerprint density at radius 1 is 0.935 bits per heavy atom. The van der Waals surface area contributed by atoms with E-state index in [1.54, 1.807) is 48.8 Å². The molecular weight excluding hydrogens is 386 g/mol. The third kappa shape index (κ3) is 3.37. The lowest BCUT2D eigenvalue weighted by Gasteiger charge is -2.41. The molecule has 1 N–H and O–H groups in total. The summed E-state index contributed by atoms with van der Waals surface area (Å²) in [4.78, 5) is 17.6. The second-order valence-corrected chi connectivity index (χ2v) is 7.53. The number of hydrogen-bond donors (Lipinski definition) is 1. The maximum absolute atomic E-state index is 13.4. The average Bonchev–Trinajstić information content (AvgIpc) is 2.84. The van der Waals surface area contributed by atoms with Gasteiger partial charge >= 0.3 is 0 Å². The van der Waals surface area contributed by atoms with Crippen LogP contribution >= 0.6 is 0 Å². The normalized spacial score (nSPS) is 21.5. The van der Waals surface area contributed by atoms with Crippen molar-refractivity contribution in [2.24, 2.45) is 5.41 Å². The Labute approximate surface area is 180 Å². The molecule has 0 amide bonds. The van der Waals surface area contributed by atoms with Crippen LogP contribution in [-0.4, -0.2) is 15.9 Å². The highest BCUT2D eigenvalue weighted by Gasteiger charge is 2.56. The van der Waals surface area contributed by atoms with Crippen LogP contribution < -0.4 is 0 Å². The Kier molecular flexibility index (Phi) is 5.35. The van der Waals surface area contributed by atoms with Crippen molar-refractivity contribution in [2.75, 3.05) is 0 Å². The van der Waals surface area contributed by atoms with E-state index in [0.717, 1.165) is 5.56 Å². The number of aliphatic hydroxyl groups is 1. The first-order valence-electron chi connectivity index (χ1n) is 9.91. The topological polar surface area (TPSA) is 97.8 Å². The van der Waals surface area contributed by atoms with Crippen molar-refractivity contribution < 1.29 is 9.90 Å². The number of benzene rings is 2. The molecule has 1 saturated carbocycles. The van der Waals surface area contributed by atoms with Gasteiger partial charge in [0.05, 0.1) is 18.1 Å². The van der Waals surface area contributed by atoms with E-state index in [2.05, 4.69) is 17.1 Å². The van der Waals surface area contributed by atoms with Gasteiger partial charge in [0.25, 0.3) is 0 Å². The first kappa shape index (κ1) is 20.1. The zero-order chi connectivity index (χ0) is 21.8. The van der Waals surface area contributed by atoms with E-state index in [-0.39, 0.29) is 23.5 Å². The summed E-state index contributed by atoms with van der Waals surface area (Å²) in [6.45, 7) is 0. The number of Topliss-reactive ketones (excluding diaryl/α,β-unsaturated/α-hetero) is 1. The van der Waals surface area contributed by atoms with Crippen LogP contribution in [0.3, 0.4) is 0 Å². The number of carbonyl (C=O) groups is 1. The maximum Gasteiger partial charge on any atom is 0.164 e. The van der Waals surface area contributed by atoms with Crippen molar-refractivity contribution in [3.63, 3.8) is 0 Å². The van der Waals surface area contributed by atoms with Gasteiger partial charge in [-0.2, -0.15) is 10.5 Å². The molecule has 0 saturated heterocycles. The summed E-state index contributed by atoms with van der Waals surface area (Å²) in [7, 11) is 0. The highest BCUT2D eigenvalue weighted by molar-refractivity contribution is 6.05. The number of hydrogen-bond acceptors (Lipinski definition) is 5. The van der Waals surface area contributed by atoms with Crippen LogP contribution in [0, 0.1) is 28.1 Å². The number of ketones is 1. The number of allylic oxidation sites excluding steroid dienone is 1. The quantitative estimate of drug-likeness (QED) is 0.492. The van der Waals surface area contributed by atoms with Gasteiger partial charge in [0.1, 0.15) is 5.76 Å². The van der Waals surface area contributed by atoms with Gasteiger partial charge in [-0.05, 0) is 17.2 Å². The van der Waals surface area contributed by atoms with Crippen LogP contribution in [0.1, 0.15) is 34.9 Å². The van der Waals surface area contributed by atoms with Gasteiger partial charge in [0.15, 0.2) is 11.2 Å². The van der Waals surface area contributed by atoms with Crippen molar-refractivity contribution in [3.8, 4) is 12.1 Å². The van der Waals surface area contributed by atoms with E-state index >= 15 is 0 Å². The molecule has 0 bridgehead atoms. The number of rotatable bonds is 3. The van der Waals surface area contributed by atoms with Gasteiger partial charge in [-0.3, -0.25) is 9.78 Å². The number of aromatic nitrogens is 1. The SMILES string of the molecule is N#CC1(C#N)[C@@H](c2ccccc2)CC(=O)/C(=C(/O)c2ccccc2)[C@@H]1c1cccnc1. The van der Waals surface area contributed by atoms with Crippen LogP contribution in [0.25, 0.3) is 5.76 Å². The molecule has 0 radical (unpaired) electrons. The number of nitrogens with zero attached hydrogens (tertiary/aromatic N) is 3. The first-order valence-corrected chi connectivity index (χ1v) is 9.91. The minimum atomic E-state index is -1.60. The molecule has 31 heavy (non-hydrogen) atoms. The summed E-state index contributed by atoms with van der Waals surface area (Å²) in [5, 5.41) is 31.9. The van der Waals surface area contributed by atoms with E-state index in [1.807, 2.05) is 36.4 Å². The summed E-state index contributed by atoms with van der Waals surface area (Å²) in [6.07, 6.45) is 3.09. The fourth-order valence-electron chi connectivity index (χ4n) is 4.42. The van der Waals surface area contributed by atoms with Gasteiger partial charge in [0, 0.05) is 35.9 Å². The monoisotopic (exact) mass is 405 g/mol. The molecule has 5 nitrogen and oxygen atoms in total. The molecule has 0 unspecified atom stereocenters. The van der Waals surface area contributed by atoms with Crippen molar-refractivity contribution in [2.45, 2.75) is 18.3 Å². The number of aliphatic hydroxyl groups excluding tert-OH is 1. The molecule has 1 heterocycles. The molecular formula is C26H19N3O2. The van der Waals surface area contributed by atoms with E-state index in [4.69, 9.17) is 0 Å². The molecule has 0 spiro atoms. The van der Waals surface area contributed by atoms with Crippen molar-refractivity contribution in [1.29, 1.82) is 10.5 Å². The Morgan fingerprint density at radius 2 is 1.55 bits per heavy atom. The second-order valence-electron chi connectivity index (χ2n) is 7.53. The highest BCUT2D eigenvalue weighted by Crippen LogP contribution is 2.56. The standard InChI is InChI=1S/C26H19N3O2/c27-16-26(17-28)21(18-8-3-1-4-9-18)14-22(30)23(24(26)20-12-7-13-29-15-20)25(31)19-10-5-2-6-11-19/h1-13,15,21,24,31H,14H2/b25-23-/t21-,24+/m1/s1. The Morgan fingerprint density at radius 3 is 2.13 bits per heavy atom. The maximum atomic E-state index is 13.4. The van der Waals surface area contributed by atoms with E-state index in [1.165, 1.54) is 0 Å². The van der Waals surface area contributed by atoms with Gasteiger partial charge in [0.2, 0.25) is 0 Å². The van der Waals surface area contributed by atoms with Gasteiger partial charge < -0.3 is 5.11 Å². The zero-order valence-corrected chi connectivity index (χ0v) is 16.6. The molecule has 2 atom stereocenters. The lowest BCUT2D eigenvalue weighted by Crippen LogP contribution is -2.42. The Balaban J connectivity index is 2.02. The largest absolute Gasteiger partial charge is 0.507 e. The predicted octanol–water partition coefficient (Wildman–Crippen LogP) is 4.92. The van der Waals surface area contributed by atoms with E-state index < -0.39 is 17.3 Å². The second kappa shape index (κ2) is 8.26. The summed E-state index contributed by atoms with van der Waals surface area (Å²) in [5.74, 6) is -2.09. The van der Waals surface area contributed by atoms with Crippen molar-refractivity contribution >= 4 is 11.5 Å². The summed E-state index contributed by atoms with van der Waals surface area (Å²) in [6, 6.07) is 25.8. The molecule has 0 aliphatic heterocycles. The van der Waals surface area contributed by atoms with Crippen LogP contribution in [-0.2, 0) is 4.79 Å². The van der Waals surface area contributed by atoms with Gasteiger partial charge in [-0.15, -0.1) is 0 Å². The van der Waals surface area contributed by atoms with Gasteiger partial charge in [-0.25, -0.2) is 0 Å². The fraction of sp³-hybridized carbons (Fsp3) is 0.154. The molecule has 2 aromatic carbocycles. The van der Waals surface area contributed by atoms with Crippen molar-refractivity contribution in [1.82, 2.24) is 4.98 Å². The lowest BCUT2D eigenvalue weighted by atomic mass is 9.55. The summed E-state index contributed by atoms with van der Waals surface area (Å²) < 4.78 is 0. The molecule has 1 fully saturated rings. The Hall–Kier alpha value is -4.22. The Bertz CT molecular complexity index is 1190. The minimum Gasteiger partial charge on any atom is -0.507 e. The third-order valence-corrected chi connectivity index (χ3v) is 5.88. The predicted molar refractivity (Wildman–Crippen MR) is 115 cm³/mol. The van der Waals surface area contributed by atoms with Crippen LogP contribution in [0.4, 0.5) is 0 Å². The number of nitriles is 2. The van der Waals surface area contributed by atoms with E-state index in [0.29, 0.717) is 11.1 Å². The molecule has 5 heteroatoms. The van der Waals surface area contributed by atoms with Crippen LogP contribution in [0.15, 0.2) is 90.8 Å². The van der Waals surface area contributed by atoms with Crippen molar-refractivity contribution in [3.05, 3.63) is 107 Å². The summed E-state index contributed by atoms with van der Waals surface area (Å²) in [5.41, 5.74) is 0.219. The average molecular weight is 405 g/mol. The zero-order valence-electron chi connectivity index (χ0n) is 16.6. The fourth-order valence-corrected chi connectivity index (χ4v) is 4.42. The molecule has 3 aromatic rings. The molecule has 1 aliphatic carbocycles. The highest BCUT2D eigenvalue weighted by atomic mass is 16.3. The van der Waals surface area contributed by atoms with Crippen LogP contribution in [0.5, 0.6) is 0 Å². The smallest absolute Gasteiger partial charge is 0.164 e. The molecule has 1 aliphatic rings. The molecule has 150 valence electrons. The third-order valence-electron chi connectivity index (χ3n) is 5.88. The first-order chi connectivity index (χ1) is 15.1. The van der Waals surface area contributed by atoms with Crippen LogP contribution in [0.2, 0.25) is 0 Å².